The molecule has 0 unspecified atom stereocenters. The summed E-state index contributed by atoms with van der Waals surface area (Å²) in [5, 5.41) is 9.76. The number of fused-ring (bicyclic) bond motifs is 1. The smallest absolute Gasteiger partial charge is 0.314 e. The van der Waals surface area contributed by atoms with Crippen molar-refractivity contribution in [2.45, 2.75) is 13.3 Å². The number of ketones is 1. The molecule has 88 valence electrons. The zero-order valence-electron chi connectivity index (χ0n) is 9.43. The molecule has 0 bridgehead atoms. The van der Waals surface area contributed by atoms with Crippen molar-refractivity contribution in [2.75, 3.05) is 0 Å². The van der Waals surface area contributed by atoms with Crippen LogP contribution >= 0.6 is 0 Å². The predicted octanol–water partition coefficient (Wildman–Crippen LogP) is 2.46. The number of carboxylic acids is 1. The Morgan fingerprint density at radius 3 is 2.71 bits per heavy atom. The number of Topliss-reactive ketones (excluding diaryl/α,β-unsaturated/α-hetero) is 1. The third kappa shape index (κ3) is 1.93. The van der Waals surface area contributed by atoms with E-state index >= 15 is 0 Å². The normalized spacial score (nSPS) is 12.5. The number of benzene rings is 1. The van der Waals surface area contributed by atoms with E-state index in [1.165, 1.54) is 0 Å². The van der Waals surface area contributed by atoms with E-state index in [0.29, 0.717) is 12.0 Å². The fraction of sp³-hybridized carbons (Fsp3) is 0.231. The first-order valence-corrected chi connectivity index (χ1v) is 5.48. The number of nitrogens with one attached hydrogen (secondary N) is 1. The van der Waals surface area contributed by atoms with Crippen molar-refractivity contribution in [2.24, 2.45) is 5.92 Å². The first-order valence-electron chi connectivity index (χ1n) is 5.48. The maximum Gasteiger partial charge on any atom is 0.314 e. The van der Waals surface area contributed by atoms with Crippen LogP contribution in [0.4, 0.5) is 0 Å². The van der Waals surface area contributed by atoms with Crippen LogP contribution in [-0.4, -0.2) is 21.8 Å². The standard InChI is InChI=1S/C13H13NO3/c1-2-8(13(16)17)12(15)10-7-14-11-6-4-3-5-9(10)11/h3-8,14H,2H2,1H3,(H,16,17)/t8-/m1/s1. The summed E-state index contributed by atoms with van der Waals surface area (Å²) in [5.41, 5.74) is 1.30. The predicted molar refractivity (Wildman–Crippen MR) is 64.0 cm³/mol. The Morgan fingerprint density at radius 2 is 2.06 bits per heavy atom. The van der Waals surface area contributed by atoms with Gasteiger partial charge in [0.05, 0.1) is 0 Å². The molecule has 0 aliphatic rings. The quantitative estimate of drug-likeness (QED) is 0.627. The maximum atomic E-state index is 12.1. The van der Waals surface area contributed by atoms with Crippen molar-refractivity contribution >= 4 is 22.7 Å². The van der Waals surface area contributed by atoms with Crippen LogP contribution in [-0.2, 0) is 4.79 Å². The fourth-order valence-corrected chi connectivity index (χ4v) is 1.94. The van der Waals surface area contributed by atoms with Gasteiger partial charge >= 0.3 is 5.97 Å². The molecule has 2 aromatic rings. The van der Waals surface area contributed by atoms with Gasteiger partial charge in [0.1, 0.15) is 5.92 Å². The SMILES string of the molecule is CC[C@@H](C(=O)O)C(=O)c1c[nH]c2ccccc12. The molecule has 0 radical (unpaired) electrons. The van der Waals surface area contributed by atoms with Crippen molar-refractivity contribution < 1.29 is 14.7 Å². The number of carbonyl (C=O) groups excluding carboxylic acids is 1. The molecule has 4 heteroatoms. The van der Waals surface area contributed by atoms with Crippen LogP contribution in [0.3, 0.4) is 0 Å². The van der Waals surface area contributed by atoms with Gasteiger partial charge < -0.3 is 10.1 Å². The number of hydrogen-bond acceptors (Lipinski definition) is 2. The van der Waals surface area contributed by atoms with Crippen molar-refractivity contribution in [3.63, 3.8) is 0 Å². The number of aromatic amines is 1. The van der Waals surface area contributed by atoms with Gasteiger partial charge in [-0.25, -0.2) is 0 Å². The highest BCUT2D eigenvalue weighted by Crippen LogP contribution is 2.22. The molecule has 17 heavy (non-hydrogen) atoms. The van der Waals surface area contributed by atoms with E-state index in [4.69, 9.17) is 5.11 Å². The van der Waals surface area contributed by atoms with Crippen molar-refractivity contribution in [3.8, 4) is 0 Å². The largest absolute Gasteiger partial charge is 0.481 e. The molecule has 2 rings (SSSR count). The molecule has 0 fully saturated rings. The minimum Gasteiger partial charge on any atom is -0.481 e. The van der Waals surface area contributed by atoms with E-state index in [-0.39, 0.29) is 5.78 Å². The van der Waals surface area contributed by atoms with Gasteiger partial charge in [-0.1, -0.05) is 25.1 Å². The maximum absolute atomic E-state index is 12.1. The van der Waals surface area contributed by atoms with Gasteiger partial charge in [0.25, 0.3) is 0 Å². The molecule has 1 atom stereocenters. The Balaban J connectivity index is 2.46. The minimum absolute atomic E-state index is 0.299. The monoisotopic (exact) mass is 231 g/mol. The number of H-pyrrole nitrogens is 1. The molecule has 0 spiro atoms. The van der Waals surface area contributed by atoms with Gasteiger partial charge in [-0.2, -0.15) is 0 Å². The van der Waals surface area contributed by atoms with Crippen molar-refractivity contribution in [1.82, 2.24) is 4.98 Å². The van der Waals surface area contributed by atoms with Gasteiger partial charge in [0.15, 0.2) is 5.78 Å². The van der Waals surface area contributed by atoms with Gasteiger partial charge in [0.2, 0.25) is 0 Å². The Kier molecular flexibility index (Phi) is 2.95. The van der Waals surface area contributed by atoms with Crippen LogP contribution in [0, 0.1) is 5.92 Å². The lowest BCUT2D eigenvalue weighted by Gasteiger charge is -2.07. The zero-order chi connectivity index (χ0) is 12.4. The van der Waals surface area contributed by atoms with E-state index in [0.717, 1.165) is 10.9 Å². The summed E-state index contributed by atoms with van der Waals surface area (Å²) in [7, 11) is 0. The van der Waals surface area contributed by atoms with Gasteiger partial charge in [-0.15, -0.1) is 0 Å². The lowest BCUT2D eigenvalue weighted by atomic mass is 9.95. The highest BCUT2D eigenvalue weighted by molar-refractivity contribution is 6.14. The van der Waals surface area contributed by atoms with Crippen molar-refractivity contribution in [1.29, 1.82) is 0 Å². The van der Waals surface area contributed by atoms with Crippen LogP contribution in [0.1, 0.15) is 23.7 Å². The van der Waals surface area contributed by atoms with Crippen LogP contribution in [0.25, 0.3) is 10.9 Å². The summed E-state index contributed by atoms with van der Waals surface area (Å²) in [6.45, 7) is 1.70. The molecular formula is C13H13NO3. The highest BCUT2D eigenvalue weighted by Gasteiger charge is 2.26. The molecule has 2 N–H and O–H groups in total. The third-order valence-corrected chi connectivity index (χ3v) is 2.88. The summed E-state index contributed by atoms with van der Waals surface area (Å²) in [5.74, 6) is -2.37. The molecule has 4 nitrogen and oxygen atoms in total. The van der Waals surface area contributed by atoms with Crippen LogP contribution < -0.4 is 0 Å². The Hall–Kier alpha value is -2.10. The topological polar surface area (TPSA) is 70.2 Å². The second-order valence-electron chi connectivity index (χ2n) is 3.91. The number of aliphatic carboxylic acids is 1. The molecular weight excluding hydrogens is 218 g/mol. The summed E-state index contributed by atoms with van der Waals surface area (Å²) in [6, 6.07) is 7.36. The molecule has 1 aromatic carbocycles. The van der Waals surface area contributed by atoms with Gasteiger partial charge in [0, 0.05) is 22.7 Å². The number of aromatic nitrogens is 1. The van der Waals surface area contributed by atoms with E-state index in [1.54, 1.807) is 13.1 Å². The molecule has 1 heterocycles. The van der Waals surface area contributed by atoms with E-state index in [1.807, 2.05) is 24.3 Å². The average Bonchev–Trinajstić information content (AvgIpc) is 2.72. The highest BCUT2D eigenvalue weighted by atomic mass is 16.4. The summed E-state index contributed by atoms with van der Waals surface area (Å²) < 4.78 is 0. The third-order valence-electron chi connectivity index (χ3n) is 2.88. The Morgan fingerprint density at radius 1 is 1.35 bits per heavy atom. The number of para-hydroxylation sites is 1. The number of hydrogen-bond donors (Lipinski definition) is 2. The Bertz CT molecular complexity index is 571. The first kappa shape index (κ1) is 11.4. The lowest BCUT2D eigenvalue weighted by molar-refractivity contribution is -0.140. The molecule has 0 aliphatic carbocycles. The van der Waals surface area contributed by atoms with Gasteiger partial charge in [-0.3, -0.25) is 9.59 Å². The second-order valence-corrected chi connectivity index (χ2v) is 3.91. The summed E-state index contributed by atoms with van der Waals surface area (Å²) in [4.78, 5) is 26.0. The average molecular weight is 231 g/mol. The van der Waals surface area contributed by atoms with Crippen LogP contribution in [0.15, 0.2) is 30.5 Å². The van der Waals surface area contributed by atoms with Crippen LogP contribution in [0.2, 0.25) is 0 Å². The lowest BCUT2D eigenvalue weighted by Crippen LogP contribution is -2.22. The first-order chi connectivity index (χ1) is 8.15. The van der Waals surface area contributed by atoms with Crippen LogP contribution in [0.5, 0.6) is 0 Å². The minimum atomic E-state index is -1.07. The molecule has 0 saturated carbocycles. The Labute approximate surface area is 98.3 Å². The van der Waals surface area contributed by atoms with Crippen molar-refractivity contribution in [3.05, 3.63) is 36.0 Å². The van der Waals surface area contributed by atoms with E-state index in [2.05, 4.69) is 4.98 Å². The number of carboxylic acid groups (broad SMARTS) is 1. The number of rotatable bonds is 4. The number of carbonyl (C=O) groups is 2. The zero-order valence-corrected chi connectivity index (χ0v) is 9.43. The fourth-order valence-electron chi connectivity index (χ4n) is 1.94. The second kappa shape index (κ2) is 4.41. The summed E-state index contributed by atoms with van der Waals surface area (Å²) >= 11 is 0. The van der Waals surface area contributed by atoms with E-state index < -0.39 is 11.9 Å². The molecule has 0 amide bonds. The van der Waals surface area contributed by atoms with E-state index in [9.17, 15) is 9.59 Å². The molecule has 0 saturated heterocycles. The molecule has 0 aliphatic heterocycles. The summed E-state index contributed by atoms with van der Waals surface area (Å²) in [6.07, 6.45) is 1.88. The molecule has 1 aromatic heterocycles. The van der Waals surface area contributed by atoms with Gasteiger partial charge in [-0.05, 0) is 12.5 Å².